The number of rotatable bonds is 8. The third kappa shape index (κ3) is 4.32. The van der Waals surface area contributed by atoms with Crippen molar-refractivity contribution >= 4 is 28.0 Å². The molecule has 32 heavy (non-hydrogen) atoms. The fraction of sp³-hybridized carbons (Fsp3) is 0.364. The molecule has 3 aromatic heterocycles. The molecule has 4 aromatic rings. The molecule has 0 saturated carbocycles. The van der Waals surface area contributed by atoms with Gasteiger partial charge in [0.2, 0.25) is 0 Å². The number of halogens is 1. The van der Waals surface area contributed by atoms with Crippen LogP contribution >= 0.6 is 0 Å². The van der Waals surface area contributed by atoms with Gasteiger partial charge in [0.25, 0.3) is 5.91 Å². The Morgan fingerprint density at radius 2 is 2.19 bits per heavy atom. The van der Waals surface area contributed by atoms with Gasteiger partial charge in [-0.2, -0.15) is 5.10 Å². The highest BCUT2D eigenvalue weighted by Crippen LogP contribution is 2.28. The number of ether oxygens (including phenoxy) is 1. The van der Waals surface area contributed by atoms with Crippen LogP contribution in [-0.4, -0.2) is 75.9 Å². The van der Waals surface area contributed by atoms with Crippen molar-refractivity contribution in [2.24, 2.45) is 0 Å². The minimum Gasteiger partial charge on any atom is -0.383 e. The summed E-state index contributed by atoms with van der Waals surface area (Å²) < 4.78 is 20.8. The fourth-order valence-electron chi connectivity index (χ4n) is 3.57. The number of aromatic nitrogens is 5. The highest BCUT2D eigenvalue weighted by Gasteiger charge is 2.19. The van der Waals surface area contributed by atoms with Gasteiger partial charge in [0, 0.05) is 31.3 Å². The van der Waals surface area contributed by atoms with Crippen molar-refractivity contribution in [1.29, 1.82) is 0 Å². The van der Waals surface area contributed by atoms with E-state index in [2.05, 4.69) is 15.3 Å². The molecular formula is C22H26FN7O2. The smallest absolute Gasteiger partial charge is 0.255 e. The Morgan fingerprint density at radius 3 is 2.94 bits per heavy atom. The molecule has 9 nitrogen and oxygen atoms in total. The second-order valence-electron chi connectivity index (χ2n) is 8.02. The molecule has 1 aromatic carbocycles. The van der Waals surface area contributed by atoms with Crippen LogP contribution in [0.2, 0.25) is 0 Å². The number of nitrogens with zero attached hydrogens (tertiary/aromatic N) is 5. The van der Waals surface area contributed by atoms with Crippen LogP contribution in [0.3, 0.4) is 0 Å². The van der Waals surface area contributed by atoms with Gasteiger partial charge in [0.1, 0.15) is 22.7 Å². The first-order valence-corrected chi connectivity index (χ1v) is 10.3. The Bertz CT molecular complexity index is 1260. The van der Waals surface area contributed by atoms with Crippen LogP contribution in [0.25, 0.3) is 33.5 Å². The van der Waals surface area contributed by atoms with Crippen molar-refractivity contribution in [3.8, 4) is 11.4 Å². The van der Waals surface area contributed by atoms with E-state index in [4.69, 9.17) is 14.8 Å². The molecule has 0 aliphatic heterocycles. The first kappa shape index (κ1) is 21.8. The third-order valence-corrected chi connectivity index (χ3v) is 5.13. The molecular weight excluding hydrogens is 413 g/mol. The molecule has 4 rings (SSSR count). The lowest BCUT2D eigenvalue weighted by atomic mass is 10.1. The predicted octanol–water partition coefficient (Wildman–Crippen LogP) is 2.44. The maximum absolute atomic E-state index is 14.0. The van der Waals surface area contributed by atoms with Crippen molar-refractivity contribution in [3.05, 3.63) is 42.0 Å². The van der Waals surface area contributed by atoms with Crippen LogP contribution in [-0.2, 0) is 11.3 Å². The standard InChI is InChI=1S/C22H26FN7O2/c1-13(12-32-4)26-22(31)16-10-24-21-20(16)27-17(11-25-21)19-15-6-5-14(23)9-18(15)30(28-19)8-7-29(2)3/h5-6,9-11,13H,7-8,12H2,1-4H3,(H,24,25)(H,26,31)/t13-/m0/s1. The van der Waals surface area contributed by atoms with Crippen molar-refractivity contribution in [3.63, 3.8) is 0 Å². The number of nitrogens with one attached hydrogen (secondary N) is 2. The number of benzene rings is 1. The summed E-state index contributed by atoms with van der Waals surface area (Å²) in [4.78, 5) is 26.9. The molecule has 1 atom stereocenters. The lowest BCUT2D eigenvalue weighted by Crippen LogP contribution is -2.35. The number of hydrogen-bond acceptors (Lipinski definition) is 6. The number of carbonyl (C=O) groups excluding carboxylic acids is 1. The molecule has 0 aliphatic rings. The van der Waals surface area contributed by atoms with Crippen LogP contribution in [0.15, 0.2) is 30.6 Å². The highest BCUT2D eigenvalue weighted by atomic mass is 19.1. The van der Waals surface area contributed by atoms with Gasteiger partial charge in [0.05, 0.1) is 30.4 Å². The molecule has 0 unspecified atom stereocenters. The van der Waals surface area contributed by atoms with Gasteiger partial charge in [-0.1, -0.05) is 0 Å². The van der Waals surface area contributed by atoms with E-state index in [0.29, 0.717) is 46.8 Å². The SMILES string of the molecule is COC[C@H](C)NC(=O)c1c[nH]c2ncc(-c3nn(CCN(C)C)c4cc(F)ccc34)nc12. The van der Waals surface area contributed by atoms with Crippen LogP contribution in [0, 0.1) is 5.82 Å². The lowest BCUT2D eigenvalue weighted by molar-refractivity contribution is 0.0907. The van der Waals surface area contributed by atoms with Gasteiger partial charge in [0.15, 0.2) is 5.65 Å². The Kier molecular flexibility index (Phi) is 6.15. The molecule has 0 spiro atoms. The molecule has 0 bridgehead atoms. The molecule has 3 heterocycles. The number of amides is 1. The molecule has 2 N–H and O–H groups in total. The number of hydrogen-bond donors (Lipinski definition) is 2. The zero-order valence-electron chi connectivity index (χ0n) is 18.5. The van der Waals surface area contributed by atoms with E-state index in [0.717, 1.165) is 11.9 Å². The number of aromatic amines is 1. The van der Waals surface area contributed by atoms with E-state index in [1.807, 2.05) is 25.9 Å². The summed E-state index contributed by atoms with van der Waals surface area (Å²) >= 11 is 0. The molecule has 10 heteroatoms. The van der Waals surface area contributed by atoms with Crippen molar-refractivity contribution in [2.75, 3.05) is 34.4 Å². The predicted molar refractivity (Wildman–Crippen MR) is 120 cm³/mol. The average molecular weight is 439 g/mol. The number of methoxy groups -OCH3 is 1. The fourth-order valence-corrected chi connectivity index (χ4v) is 3.57. The third-order valence-electron chi connectivity index (χ3n) is 5.13. The van der Waals surface area contributed by atoms with E-state index in [9.17, 15) is 9.18 Å². The van der Waals surface area contributed by atoms with Gasteiger partial charge < -0.3 is 19.9 Å². The van der Waals surface area contributed by atoms with Crippen LogP contribution < -0.4 is 5.32 Å². The largest absolute Gasteiger partial charge is 0.383 e. The quantitative estimate of drug-likeness (QED) is 0.437. The molecule has 1 amide bonds. The van der Waals surface area contributed by atoms with Gasteiger partial charge in [-0.15, -0.1) is 0 Å². The zero-order chi connectivity index (χ0) is 22.8. The summed E-state index contributed by atoms with van der Waals surface area (Å²) in [6.45, 7) is 3.61. The Hall–Kier alpha value is -3.37. The molecule has 0 fully saturated rings. The van der Waals surface area contributed by atoms with Crippen molar-refractivity contribution in [1.82, 2.24) is 34.9 Å². The van der Waals surface area contributed by atoms with Crippen LogP contribution in [0.4, 0.5) is 4.39 Å². The molecule has 168 valence electrons. The Balaban J connectivity index is 1.76. The van der Waals surface area contributed by atoms with E-state index >= 15 is 0 Å². The maximum atomic E-state index is 14.0. The van der Waals surface area contributed by atoms with Crippen molar-refractivity contribution in [2.45, 2.75) is 19.5 Å². The van der Waals surface area contributed by atoms with E-state index in [-0.39, 0.29) is 17.8 Å². The first-order chi connectivity index (χ1) is 15.4. The van der Waals surface area contributed by atoms with Crippen LogP contribution in [0.5, 0.6) is 0 Å². The lowest BCUT2D eigenvalue weighted by Gasteiger charge is -2.11. The molecule has 0 aliphatic carbocycles. The van der Waals surface area contributed by atoms with Crippen LogP contribution in [0.1, 0.15) is 17.3 Å². The van der Waals surface area contributed by atoms with E-state index in [1.165, 1.54) is 12.1 Å². The topological polar surface area (TPSA) is 101 Å². The van der Waals surface area contributed by atoms with Crippen molar-refractivity contribution < 1.29 is 13.9 Å². The zero-order valence-corrected chi connectivity index (χ0v) is 18.5. The number of likely N-dealkylation sites (N-methyl/N-ethyl adjacent to an activating group) is 1. The average Bonchev–Trinajstić information content (AvgIpc) is 3.33. The van der Waals surface area contributed by atoms with Gasteiger partial charge >= 0.3 is 0 Å². The Morgan fingerprint density at radius 1 is 1.38 bits per heavy atom. The number of H-pyrrole nitrogens is 1. The minimum atomic E-state index is -0.327. The normalized spacial score (nSPS) is 12.7. The van der Waals surface area contributed by atoms with E-state index in [1.54, 1.807) is 30.3 Å². The maximum Gasteiger partial charge on any atom is 0.255 e. The monoisotopic (exact) mass is 439 g/mol. The second kappa shape index (κ2) is 9.01. The van der Waals surface area contributed by atoms with Gasteiger partial charge in [-0.25, -0.2) is 14.4 Å². The summed E-state index contributed by atoms with van der Waals surface area (Å²) in [5.41, 5.74) is 3.12. The minimum absolute atomic E-state index is 0.153. The highest BCUT2D eigenvalue weighted by molar-refractivity contribution is 6.05. The molecule has 0 saturated heterocycles. The van der Waals surface area contributed by atoms with E-state index < -0.39 is 0 Å². The van der Waals surface area contributed by atoms with Gasteiger partial charge in [-0.3, -0.25) is 9.48 Å². The second-order valence-corrected chi connectivity index (χ2v) is 8.02. The summed E-state index contributed by atoms with van der Waals surface area (Å²) in [5, 5.41) is 8.36. The first-order valence-electron chi connectivity index (χ1n) is 10.3. The summed E-state index contributed by atoms with van der Waals surface area (Å²) in [6, 6.07) is 4.42. The number of fused-ring (bicyclic) bond motifs is 2. The molecule has 0 radical (unpaired) electrons. The summed E-state index contributed by atoms with van der Waals surface area (Å²) in [5.74, 6) is -0.595. The summed E-state index contributed by atoms with van der Waals surface area (Å²) in [6.07, 6.45) is 3.20. The van der Waals surface area contributed by atoms with Gasteiger partial charge in [-0.05, 0) is 39.2 Å². The summed E-state index contributed by atoms with van der Waals surface area (Å²) in [7, 11) is 5.52. The Labute approximate surface area is 184 Å². The number of carbonyl (C=O) groups is 1.